The number of methoxy groups -OCH3 is 2. The maximum absolute atomic E-state index is 11.7. The van der Waals surface area contributed by atoms with Crippen molar-refractivity contribution in [1.82, 2.24) is 0 Å². The second-order valence-corrected chi connectivity index (χ2v) is 5.43. The van der Waals surface area contributed by atoms with E-state index in [9.17, 15) is 9.90 Å². The third-order valence-electron chi connectivity index (χ3n) is 3.19. The summed E-state index contributed by atoms with van der Waals surface area (Å²) >= 11 is 3.43. The molecule has 1 heterocycles. The number of rotatable bonds is 5. The molecule has 7 heteroatoms. The molecular weight excluding hydrogens is 368 g/mol. The summed E-state index contributed by atoms with van der Waals surface area (Å²) in [5, 5.41) is 10.1. The van der Waals surface area contributed by atoms with Crippen LogP contribution in [0.15, 0.2) is 34.5 Å². The van der Waals surface area contributed by atoms with Crippen LogP contribution in [0.4, 0.5) is 0 Å². The minimum Gasteiger partial charge on any atom is -0.493 e. The van der Waals surface area contributed by atoms with E-state index in [0.29, 0.717) is 27.3 Å². The summed E-state index contributed by atoms with van der Waals surface area (Å²) in [5.41, 5.74) is 0.702. The first-order chi connectivity index (χ1) is 11.0. The van der Waals surface area contributed by atoms with E-state index in [1.54, 1.807) is 26.2 Å². The zero-order chi connectivity index (χ0) is 17.0. The Labute approximate surface area is 142 Å². The van der Waals surface area contributed by atoms with Crippen molar-refractivity contribution in [3.63, 3.8) is 0 Å². The van der Waals surface area contributed by atoms with Gasteiger partial charge >= 0.3 is 5.97 Å². The molecule has 0 fully saturated rings. The van der Waals surface area contributed by atoms with Gasteiger partial charge in [0.2, 0.25) is 0 Å². The Bertz CT molecular complexity index is 665. The number of esters is 1. The Hall–Kier alpha value is -1.99. The van der Waals surface area contributed by atoms with Gasteiger partial charge in [-0.2, -0.15) is 0 Å². The molecule has 1 aromatic carbocycles. The van der Waals surface area contributed by atoms with E-state index in [0.717, 1.165) is 0 Å². The molecule has 0 saturated heterocycles. The minimum absolute atomic E-state index is 0.0483. The average Bonchev–Trinajstić information content (AvgIpc) is 2.54. The molecular formula is C16H17BrO6. The second kappa shape index (κ2) is 7.52. The molecule has 0 amide bonds. The van der Waals surface area contributed by atoms with Gasteiger partial charge in [-0.3, -0.25) is 0 Å². The third-order valence-corrected chi connectivity index (χ3v) is 3.85. The largest absolute Gasteiger partial charge is 0.493 e. The molecule has 1 N–H and O–H groups in total. The third kappa shape index (κ3) is 3.68. The molecule has 0 aromatic heterocycles. The lowest BCUT2D eigenvalue weighted by atomic mass is 10.1. The van der Waals surface area contributed by atoms with E-state index < -0.39 is 12.1 Å². The van der Waals surface area contributed by atoms with E-state index in [1.165, 1.54) is 19.4 Å². The standard InChI is InChI=1S/C16H17BrO6/c1-4-22-16(19)10-8-23-13(7-12(10)18)9-5-14(20-2)15(21-3)6-11(9)17/h5-8,12,18H,4H2,1-3H3. The lowest BCUT2D eigenvalue weighted by Gasteiger charge is -2.20. The normalized spacial score (nSPS) is 16.8. The summed E-state index contributed by atoms with van der Waals surface area (Å²) in [7, 11) is 3.07. The molecule has 1 aliphatic heterocycles. The average molecular weight is 385 g/mol. The molecule has 0 radical (unpaired) electrons. The molecule has 6 nitrogen and oxygen atoms in total. The molecule has 1 atom stereocenters. The van der Waals surface area contributed by atoms with Gasteiger partial charge in [-0.05, 0) is 41.1 Å². The Morgan fingerprint density at radius 3 is 2.52 bits per heavy atom. The van der Waals surface area contributed by atoms with Crippen molar-refractivity contribution in [2.24, 2.45) is 0 Å². The first-order valence-corrected chi connectivity index (χ1v) is 7.66. The highest BCUT2D eigenvalue weighted by molar-refractivity contribution is 9.10. The van der Waals surface area contributed by atoms with Crippen molar-refractivity contribution >= 4 is 27.7 Å². The van der Waals surface area contributed by atoms with Crippen molar-refractivity contribution in [1.29, 1.82) is 0 Å². The SMILES string of the molecule is CCOC(=O)C1=COC(c2cc(OC)c(OC)cc2Br)=CC1O. The van der Waals surface area contributed by atoms with E-state index >= 15 is 0 Å². The molecule has 0 spiro atoms. The van der Waals surface area contributed by atoms with Gasteiger partial charge in [-0.15, -0.1) is 0 Å². The van der Waals surface area contributed by atoms with Crippen LogP contribution in [0.1, 0.15) is 12.5 Å². The minimum atomic E-state index is -1.11. The predicted octanol–water partition coefficient (Wildman–Crippen LogP) is 2.65. The molecule has 2 rings (SSSR count). The Kier molecular flexibility index (Phi) is 5.68. The number of hydrogen-bond acceptors (Lipinski definition) is 6. The van der Waals surface area contributed by atoms with Gasteiger partial charge < -0.3 is 24.1 Å². The van der Waals surface area contributed by atoms with Gasteiger partial charge in [0.25, 0.3) is 0 Å². The maximum atomic E-state index is 11.7. The van der Waals surface area contributed by atoms with Gasteiger partial charge in [0.15, 0.2) is 11.5 Å². The molecule has 0 aliphatic carbocycles. The van der Waals surface area contributed by atoms with Crippen LogP contribution in [0.3, 0.4) is 0 Å². The predicted molar refractivity (Wildman–Crippen MR) is 87.0 cm³/mol. The van der Waals surface area contributed by atoms with Crippen LogP contribution in [0.5, 0.6) is 11.5 Å². The lowest BCUT2D eigenvalue weighted by molar-refractivity contribution is -0.139. The molecule has 124 valence electrons. The van der Waals surface area contributed by atoms with Crippen LogP contribution >= 0.6 is 15.9 Å². The summed E-state index contributed by atoms with van der Waals surface area (Å²) in [6.45, 7) is 1.91. The zero-order valence-corrected chi connectivity index (χ0v) is 14.5. The number of hydrogen-bond donors (Lipinski definition) is 1. The number of aliphatic hydroxyl groups excluding tert-OH is 1. The fraction of sp³-hybridized carbons (Fsp3) is 0.312. The number of benzene rings is 1. The van der Waals surface area contributed by atoms with Crippen LogP contribution in [0, 0.1) is 0 Å². The zero-order valence-electron chi connectivity index (χ0n) is 13.0. The summed E-state index contributed by atoms with van der Waals surface area (Å²) in [5.74, 6) is 0.854. The van der Waals surface area contributed by atoms with Gasteiger partial charge in [0, 0.05) is 10.0 Å². The Morgan fingerprint density at radius 1 is 1.30 bits per heavy atom. The van der Waals surface area contributed by atoms with Crippen molar-refractivity contribution in [3.05, 3.63) is 40.1 Å². The van der Waals surface area contributed by atoms with E-state index in [4.69, 9.17) is 18.9 Å². The lowest BCUT2D eigenvalue weighted by Crippen LogP contribution is -2.21. The quantitative estimate of drug-likeness (QED) is 0.786. The number of carbonyl (C=O) groups excluding carboxylic acids is 1. The monoisotopic (exact) mass is 384 g/mol. The maximum Gasteiger partial charge on any atom is 0.340 e. The van der Waals surface area contributed by atoms with Crippen molar-refractivity contribution in [2.45, 2.75) is 13.0 Å². The number of aliphatic hydroxyl groups is 1. The topological polar surface area (TPSA) is 74.2 Å². The van der Waals surface area contributed by atoms with Crippen molar-refractivity contribution in [2.75, 3.05) is 20.8 Å². The molecule has 1 unspecified atom stereocenters. The Morgan fingerprint density at radius 2 is 1.96 bits per heavy atom. The number of halogens is 1. The summed E-state index contributed by atoms with van der Waals surface area (Å²) in [6, 6.07) is 3.44. The van der Waals surface area contributed by atoms with Gasteiger partial charge in [-0.1, -0.05) is 0 Å². The first kappa shape index (κ1) is 17.4. The van der Waals surface area contributed by atoms with Crippen molar-refractivity contribution < 1.29 is 28.8 Å². The highest BCUT2D eigenvalue weighted by Gasteiger charge is 2.25. The van der Waals surface area contributed by atoms with Crippen LogP contribution in [0.2, 0.25) is 0 Å². The molecule has 1 aliphatic rings. The summed E-state index contributed by atoms with van der Waals surface area (Å²) in [6.07, 6.45) is 1.51. The van der Waals surface area contributed by atoms with Gasteiger partial charge in [0.1, 0.15) is 23.7 Å². The van der Waals surface area contributed by atoms with Gasteiger partial charge in [0.05, 0.1) is 20.8 Å². The van der Waals surface area contributed by atoms with Crippen LogP contribution in [-0.2, 0) is 14.3 Å². The van der Waals surface area contributed by atoms with Crippen LogP contribution in [0.25, 0.3) is 5.76 Å². The second-order valence-electron chi connectivity index (χ2n) is 4.57. The van der Waals surface area contributed by atoms with E-state index in [-0.39, 0.29) is 12.2 Å². The van der Waals surface area contributed by atoms with Gasteiger partial charge in [-0.25, -0.2) is 4.79 Å². The summed E-state index contributed by atoms with van der Waals surface area (Å²) in [4.78, 5) is 11.7. The fourth-order valence-corrected chi connectivity index (χ4v) is 2.57. The molecule has 1 aromatic rings. The first-order valence-electron chi connectivity index (χ1n) is 6.87. The number of ether oxygens (including phenoxy) is 4. The fourth-order valence-electron chi connectivity index (χ4n) is 2.05. The van der Waals surface area contributed by atoms with E-state index in [1.807, 2.05) is 0 Å². The summed E-state index contributed by atoms with van der Waals surface area (Å²) < 4.78 is 21.5. The highest BCUT2D eigenvalue weighted by Crippen LogP contribution is 2.38. The van der Waals surface area contributed by atoms with Crippen LogP contribution in [-0.4, -0.2) is 38.0 Å². The molecule has 0 saturated carbocycles. The molecule has 23 heavy (non-hydrogen) atoms. The Balaban J connectivity index is 2.31. The van der Waals surface area contributed by atoms with Crippen LogP contribution < -0.4 is 9.47 Å². The van der Waals surface area contributed by atoms with E-state index in [2.05, 4.69) is 15.9 Å². The highest BCUT2D eigenvalue weighted by atomic mass is 79.9. The smallest absolute Gasteiger partial charge is 0.340 e. The number of carbonyl (C=O) groups is 1. The van der Waals surface area contributed by atoms with Crippen molar-refractivity contribution in [3.8, 4) is 11.5 Å². The molecule has 0 bridgehead atoms.